The highest BCUT2D eigenvalue weighted by Crippen LogP contribution is 2.22. The van der Waals surface area contributed by atoms with Crippen LogP contribution in [0.1, 0.15) is 18.4 Å². The van der Waals surface area contributed by atoms with Gasteiger partial charge < -0.3 is 9.73 Å². The van der Waals surface area contributed by atoms with Crippen molar-refractivity contribution in [3.05, 3.63) is 41.9 Å². The van der Waals surface area contributed by atoms with Crippen molar-refractivity contribution in [2.75, 3.05) is 6.54 Å². The Bertz CT molecular complexity index is 462. The molecular weight excluding hydrogens is 200 g/mol. The van der Waals surface area contributed by atoms with Crippen LogP contribution < -0.4 is 5.32 Å². The number of rotatable bonds is 4. The van der Waals surface area contributed by atoms with Gasteiger partial charge in [0.25, 0.3) is 0 Å². The second-order valence-corrected chi connectivity index (χ2v) is 3.73. The molecule has 0 atom stereocenters. The Morgan fingerprint density at radius 2 is 2.19 bits per heavy atom. The minimum absolute atomic E-state index is 0.778. The van der Waals surface area contributed by atoms with Crippen LogP contribution in [0.4, 0.5) is 0 Å². The summed E-state index contributed by atoms with van der Waals surface area (Å²) < 4.78 is 5.74. The number of furan rings is 1. The summed E-state index contributed by atoms with van der Waals surface area (Å²) in [7, 11) is 0. The van der Waals surface area contributed by atoms with Crippen LogP contribution in [0.25, 0.3) is 11.3 Å². The Kier molecular flexibility index (Phi) is 3.37. The van der Waals surface area contributed by atoms with Gasteiger partial charge in [0.2, 0.25) is 0 Å². The predicted molar refractivity (Wildman–Crippen MR) is 64.1 cm³/mol. The lowest BCUT2D eigenvalue weighted by atomic mass is 10.2. The average molecular weight is 216 g/mol. The maximum atomic E-state index is 5.74. The number of nitrogens with one attached hydrogen (secondary N) is 1. The van der Waals surface area contributed by atoms with E-state index in [9.17, 15) is 0 Å². The van der Waals surface area contributed by atoms with Gasteiger partial charge in [0.05, 0.1) is 6.54 Å². The van der Waals surface area contributed by atoms with Crippen molar-refractivity contribution in [1.82, 2.24) is 10.3 Å². The van der Waals surface area contributed by atoms with Gasteiger partial charge in [-0.3, -0.25) is 4.98 Å². The van der Waals surface area contributed by atoms with Gasteiger partial charge in [-0.2, -0.15) is 0 Å². The Labute approximate surface area is 95.5 Å². The van der Waals surface area contributed by atoms with Crippen LogP contribution in [0.5, 0.6) is 0 Å². The van der Waals surface area contributed by atoms with Gasteiger partial charge in [0.15, 0.2) is 0 Å². The molecule has 2 aromatic rings. The molecule has 0 spiro atoms. The van der Waals surface area contributed by atoms with Gasteiger partial charge in [-0.25, -0.2) is 0 Å². The highest BCUT2D eigenvalue weighted by molar-refractivity contribution is 5.57. The fourth-order valence-corrected chi connectivity index (χ4v) is 1.58. The Balaban J connectivity index is 2.18. The van der Waals surface area contributed by atoms with E-state index >= 15 is 0 Å². The van der Waals surface area contributed by atoms with E-state index in [2.05, 4.69) is 17.2 Å². The van der Waals surface area contributed by atoms with Gasteiger partial charge in [0.1, 0.15) is 11.5 Å². The molecule has 0 saturated heterocycles. The van der Waals surface area contributed by atoms with Gasteiger partial charge in [-0.1, -0.05) is 6.92 Å². The molecule has 0 unspecified atom stereocenters. The van der Waals surface area contributed by atoms with Gasteiger partial charge in [-0.05, 0) is 37.7 Å². The zero-order valence-corrected chi connectivity index (χ0v) is 9.66. The van der Waals surface area contributed by atoms with Crippen LogP contribution in [0.3, 0.4) is 0 Å². The van der Waals surface area contributed by atoms with E-state index < -0.39 is 0 Å². The molecule has 2 heterocycles. The van der Waals surface area contributed by atoms with E-state index in [4.69, 9.17) is 4.42 Å². The third-order valence-electron chi connectivity index (χ3n) is 2.39. The van der Waals surface area contributed by atoms with Crippen LogP contribution in [0.2, 0.25) is 0 Å². The van der Waals surface area contributed by atoms with Crippen molar-refractivity contribution in [1.29, 1.82) is 0 Å². The van der Waals surface area contributed by atoms with Crippen LogP contribution in [0.15, 0.2) is 34.9 Å². The fraction of sp³-hybridized carbons (Fsp3) is 0.308. The maximum Gasteiger partial charge on any atom is 0.134 e. The molecule has 1 N–H and O–H groups in total. The van der Waals surface area contributed by atoms with Crippen molar-refractivity contribution in [2.45, 2.75) is 20.4 Å². The van der Waals surface area contributed by atoms with Crippen LogP contribution in [0, 0.1) is 6.92 Å². The predicted octanol–water partition coefficient (Wildman–Crippen LogP) is 2.76. The molecule has 0 saturated carbocycles. The largest absolute Gasteiger partial charge is 0.460 e. The van der Waals surface area contributed by atoms with Gasteiger partial charge in [-0.15, -0.1) is 0 Å². The zero-order chi connectivity index (χ0) is 11.4. The SMILES string of the molecule is CCNCc1ccc(-c2ccnc(C)c2)o1. The van der Waals surface area contributed by atoms with E-state index in [0.717, 1.165) is 35.9 Å². The highest BCUT2D eigenvalue weighted by atomic mass is 16.3. The molecule has 0 aliphatic heterocycles. The van der Waals surface area contributed by atoms with E-state index in [0.29, 0.717) is 0 Å². The summed E-state index contributed by atoms with van der Waals surface area (Å²) in [6.45, 7) is 5.78. The molecule has 0 radical (unpaired) electrons. The summed E-state index contributed by atoms with van der Waals surface area (Å²) >= 11 is 0. The molecule has 0 aromatic carbocycles. The Morgan fingerprint density at radius 1 is 1.31 bits per heavy atom. The molecule has 0 aliphatic rings. The Hall–Kier alpha value is -1.61. The first-order chi connectivity index (χ1) is 7.79. The van der Waals surface area contributed by atoms with Crippen molar-refractivity contribution >= 4 is 0 Å². The summed E-state index contributed by atoms with van der Waals surface area (Å²) in [6, 6.07) is 7.99. The lowest BCUT2D eigenvalue weighted by Crippen LogP contribution is -2.10. The molecule has 0 aliphatic carbocycles. The van der Waals surface area contributed by atoms with Crippen LogP contribution >= 0.6 is 0 Å². The van der Waals surface area contributed by atoms with E-state index in [-0.39, 0.29) is 0 Å². The highest BCUT2D eigenvalue weighted by Gasteiger charge is 2.04. The first-order valence-corrected chi connectivity index (χ1v) is 5.52. The number of hydrogen-bond donors (Lipinski definition) is 1. The molecule has 2 aromatic heterocycles. The number of nitrogens with zero attached hydrogens (tertiary/aromatic N) is 1. The van der Waals surface area contributed by atoms with Crippen LogP contribution in [-0.2, 0) is 6.54 Å². The minimum Gasteiger partial charge on any atom is -0.460 e. The first kappa shape index (κ1) is 10.9. The summed E-state index contributed by atoms with van der Waals surface area (Å²) in [4.78, 5) is 4.17. The third-order valence-corrected chi connectivity index (χ3v) is 2.39. The average Bonchev–Trinajstić information content (AvgIpc) is 2.75. The molecule has 0 bridgehead atoms. The minimum atomic E-state index is 0.778. The molecule has 16 heavy (non-hydrogen) atoms. The maximum absolute atomic E-state index is 5.74. The number of aryl methyl sites for hydroxylation is 1. The van der Waals surface area contributed by atoms with E-state index in [1.54, 1.807) is 6.20 Å². The quantitative estimate of drug-likeness (QED) is 0.854. The zero-order valence-electron chi connectivity index (χ0n) is 9.66. The van der Waals surface area contributed by atoms with E-state index in [1.165, 1.54) is 0 Å². The molecular formula is C13H16N2O. The fourth-order valence-electron chi connectivity index (χ4n) is 1.58. The first-order valence-electron chi connectivity index (χ1n) is 5.52. The summed E-state index contributed by atoms with van der Waals surface area (Å²) in [5.41, 5.74) is 2.08. The number of hydrogen-bond acceptors (Lipinski definition) is 3. The summed E-state index contributed by atoms with van der Waals surface area (Å²) in [5, 5.41) is 3.23. The molecule has 2 rings (SSSR count). The number of pyridine rings is 1. The number of aromatic nitrogens is 1. The molecule has 0 fully saturated rings. The lowest BCUT2D eigenvalue weighted by Gasteiger charge is -1.99. The second kappa shape index (κ2) is 4.94. The molecule has 0 amide bonds. The normalized spacial score (nSPS) is 10.6. The Morgan fingerprint density at radius 3 is 2.94 bits per heavy atom. The monoisotopic (exact) mass is 216 g/mol. The molecule has 84 valence electrons. The van der Waals surface area contributed by atoms with Gasteiger partial charge >= 0.3 is 0 Å². The smallest absolute Gasteiger partial charge is 0.134 e. The topological polar surface area (TPSA) is 38.1 Å². The van der Waals surface area contributed by atoms with Gasteiger partial charge in [0, 0.05) is 17.5 Å². The second-order valence-electron chi connectivity index (χ2n) is 3.73. The van der Waals surface area contributed by atoms with Crippen molar-refractivity contribution < 1.29 is 4.42 Å². The van der Waals surface area contributed by atoms with Crippen molar-refractivity contribution in [3.63, 3.8) is 0 Å². The van der Waals surface area contributed by atoms with E-state index in [1.807, 2.05) is 31.2 Å². The van der Waals surface area contributed by atoms with Crippen LogP contribution in [-0.4, -0.2) is 11.5 Å². The molecule has 3 nitrogen and oxygen atoms in total. The van der Waals surface area contributed by atoms with Crippen molar-refractivity contribution in [2.24, 2.45) is 0 Å². The standard InChI is InChI=1S/C13H16N2O/c1-3-14-9-12-4-5-13(16-12)11-6-7-15-10(2)8-11/h4-8,14H,3,9H2,1-2H3. The van der Waals surface area contributed by atoms with Crippen molar-refractivity contribution in [3.8, 4) is 11.3 Å². The summed E-state index contributed by atoms with van der Waals surface area (Å²) in [6.07, 6.45) is 1.80. The third kappa shape index (κ3) is 2.49. The summed E-state index contributed by atoms with van der Waals surface area (Å²) in [5.74, 6) is 1.87. The lowest BCUT2D eigenvalue weighted by molar-refractivity contribution is 0.498. The molecule has 3 heteroatoms.